The zero-order valence-electron chi connectivity index (χ0n) is 6.67. The molecule has 1 aromatic rings. The highest BCUT2D eigenvalue weighted by Crippen LogP contribution is 2.32. The van der Waals surface area contributed by atoms with Gasteiger partial charge in [-0.15, -0.1) is 0 Å². The monoisotopic (exact) mass is 276 g/mol. The third-order valence-electron chi connectivity index (χ3n) is 1.49. The Hall–Kier alpha value is -0.710. The van der Waals surface area contributed by atoms with Crippen molar-refractivity contribution >= 4 is 28.7 Å². The standard InChI is InChI=1S/C9H9IO2/c1-3-6-4-7(10)9(12-2)8(11)5-6/h3-5,11H,1H2,2H3. The van der Waals surface area contributed by atoms with Crippen molar-refractivity contribution in [1.82, 2.24) is 0 Å². The Morgan fingerprint density at radius 3 is 2.67 bits per heavy atom. The molecule has 0 fully saturated rings. The molecule has 1 rings (SSSR count). The maximum absolute atomic E-state index is 9.43. The first-order chi connectivity index (χ1) is 5.69. The molecule has 0 saturated carbocycles. The van der Waals surface area contributed by atoms with Crippen LogP contribution >= 0.6 is 22.6 Å². The molecule has 12 heavy (non-hydrogen) atoms. The number of halogens is 1. The van der Waals surface area contributed by atoms with Gasteiger partial charge in [0.25, 0.3) is 0 Å². The van der Waals surface area contributed by atoms with Crippen LogP contribution in [0.25, 0.3) is 6.08 Å². The van der Waals surface area contributed by atoms with Gasteiger partial charge >= 0.3 is 0 Å². The van der Waals surface area contributed by atoms with Crippen molar-refractivity contribution < 1.29 is 9.84 Å². The van der Waals surface area contributed by atoms with Crippen LogP contribution in [0.4, 0.5) is 0 Å². The number of rotatable bonds is 2. The summed E-state index contributed by atoms with van der Waals surface area (Å²) in [5.74, 6) is 0.667. The van der Waals surface area contributed by atoms with Crippen molar-refractivity contribution in [3.05, 3.63) is 27.8 Å². The highest BCUT2D eigenvalue weighted by Gasteiger charge is 2.06. The summed E-state index contributed by atoms with van der Waals surface area (Å²) >= 11 is 2.10. The van der Waals surface area contributed by atoms with Crippen LogP contribution in [0.5, 0.6) is 11.5 Å². The van der Waals surface area contributed by atoms with E-state index in [-0.39, 0.29) is 5.75 Å². The van der Waals surface area contributed by atoms with Crippen LogP contribution in [0, 0.1) is 3.57 Å². The van der Waals surface area contributed by atoms with E-state index in [2.05, 4.69) is 29.2 Å². The average Bonchev–Trinajstić information content (AvgIpc) is 2.03. The van der Waals surface area contributed by atoms with Crippen LogP contribution in [0.2, 0.25) is 0 Å². The maximum atomic E-state index is 9.43. The molecule has 0 radical (unpaired) electrons. The molecule has 0 spiro atoms. The molecule has 0 aromatic heterocycles. The van der Waals surface area contributed by atoms with E-state index in [9.17, 15) is 5.11 Å². The number of phenols is 1. The van der Waals surface area contributed by atoms with Crippen molar-refractivity contribution in [2.75, 3.05) is 7.11 Å². The largest absolute Gasteiger partial charge is 0.504 e. The fraction of sp³-hybridized carbons (Fsp3) is 0.111. The van der Waals surface area contributed by atoms with E-state index < -0.39 is 0 Å². The van der Waals surface area contributed by atoms with Crippen molar-refractivity contribution in [2.24, 2.45) is 0 Å². The Morgan fingerprint density at radius 2 is 2.25 bits per heavy atom. The summed E-state index contributed by atoms with van der Waals surface area (Å²) < 4.78 is 5.86. The van der Waals surface area contributed by atoms with Crippen LogP contribution in [0.15, 0.2) is 18.7 Å². The molecule has 1 N–H and O–H groups in total. The predicted octanol–water partition coefficient (Wildman–Crippen LogP) is 2.65. The summed E-state index contributed by atoms with van der Waals surface area (Å²) in [5, 5.41) is 9.43. The van der Waals surface area contributed by atoms with Crippen LogP contribution < -0.4 is 4.74 Å². The van der Waals surface area contributed by atoms with Gasteiger partial charge in [-0.3, -0.25) is 0 Å². The average molecular weight is 276 g/mol. The van der Waals surface area contributed by atoms with E-state index in [0.717, 1.165) is 9.13 Å². The van der Waals surface area contributed by atoms with Crippen molar-refractivity contribution in [3.8, 4) is 11.5 Å². The Morgan fingerprint density at radius 1 is 1.58 bits per heavy atom. The SMILES string of the molecule is C=Cc1cc(O)c(OC)c(I)c1. The quantitative estimate of drug-likeness (QED) is 0.841. The minimum atomic E-state index is 0.152. The van der Waals surface area contributed by atoms with E-state index in [1.165, 1.54) is 7.11 Å². The molecular weight excluding hydrogens is 267 g/mol. The first-order valence-electron chi connectivity index (χ1n) is 3.38. The summed E-state index contributed by atoms with van der Waals surface area (Å²) in [6.07, 6.45) is 1.68. The number of methoxy groups -OCH3 is 1. The molecule has 1 aromatic carbocycles. The summed E-state index contributed by atoms with van der Waals surface area (Å²) in [6, 6.07) is 3.51. The number of hydrogen-bond acceptors (Lipinski definition) is 2. The van der Waals surface area contributed by atoms with Gasteiger partial charge in [-0.1, -0.05) is 12.7 Å². The fourth-order valence-electron chi connectivity index (χ4n) is 0.919. The lowest BCUT2D eigenvalue weighted by Gasteiger charge is -2.06. The predicted molar refractivity (Wildman–Crippen MR) is 57.5 cm³/mol. The number of aromatic hydroxyl groups is 1. The normalized spacial score (nSPS) is 9.50. The number of phenolic OH excluding ortho intramolecular Hbond substituents is 1. The van der Waals surface area contributed by atoms with Crippen LogP contribution in [-0.4, -0.2) is 12.2 Å². The molecule has 3 heteroatoms. The zero-order valence-corrected chi connectivity index (χ0v) is 8.83. The molecule has 2 nitrogen and oxygen atoms in total. The second-order valence-corrected chi connectivity index (χ2v) is 3.42. The molecule has 0 unspecified atom stereocenters. The molecule has 0 aliphatic rings. The van der Waals surface area contributed by atoms with E-state index in [0.29, 0.717) is 5.75 Å². The Balaban J connectivity index is 3.27. The highest BCUT2D eigenvalue weighted by molar-refractivity contribution is 14.1. The molecule has 0 aliphatic carbocycles. The van der Waals surface area contributed by atoms with E-state index in [1.807, 2.05) is 6.07 Å². The van der Waals surface area contributed by atoms with E-state index in [4.69, 9.17) is 4.74 Å². The van der Waals surface area contributed by atoms with Crippen LogP contribution in [-0.2, 0) is 0 Å². The maximum Gasteiger partial charge on any atom is 0.173 e. The lowest BCUT2D eigenvalue weighted by molar-refractivity contribution is 0.371. The van der Waals surface area contributed by atoms with Gasteiger partial charge in [0.1, 0.15) is 0 Å². The highest BCUT2D eigenvalue weighted by atomic mass is 127. The first-order valence-corrected chi connectivity index (χ1v) is 4.46. The second-order valence-electron chi connectivity index (χ2n) is 2.26. The first kappa shape index (κ1) is 9.38. The fourth-order valence-corrected chi connectivity index (χ4v) is 1.78. The molecule has 0 atom stereocenters. The van der Waals surface area contributed by atoms with Gasteiger partial charge in [-0.05, 0) is 40.3 Å². The molecule has 0 bridgehead atoms. The zero-order chi connectivity index (χ0) is 9.14. The van der Waals surface area contributed by atoms with Gasteiger partial charge in [0.05, 0.1) is 10.7 Å². The molecule has 0 amide bonds. The molecule has 0 aliphatic heterocycles. The van der Waals surface area contributed by atoms with Gasteiger partial charge < -0.3 is 9.84 Å². The molecule has 0 saturated heterocycles. The minimum Gasteiger partial charge on any atom is -0.504 e. The van der Waals surface area contributed by atoms with E-state index >= 15 is 0 Å². The Bertz CT molecular complexity index is 284. The number of hydrogen-bond donors (Lipinski definition) is 1. The van der Waals surface area contributed by atoms with Crippen molar-refractivity contribution in [1.29, 1.82) is 0 Å². The summed E-state index contributed by atoms with van der Waals surface area (Å²) in [7, 11) is 1.53. The molecule has 64 valence electrons. The Labute approximate surface area is 85.0 Å². The molecular formula is C9H9IO2. The van der Waals surface area contributed by atoms with Gasteiger partial charge in [0, 0.05) is 0 Å². The van der Waals surface area contributed by atoms with Crippen molar-refractivity contribution in [3.63, 3.8) is 0 Å². The topological polar surface area (TPSA) is 29.5 Å². The van der Waals surface area contributed by atoms with Gasteiger partial charge in [0.15, 0.2) is 11.5 Å². The smallest absolute Gasteiger partial charge is 0.173 e. The molecule has 0 heterocycles. The van der Waals surface area contributed by atoms with Crippen molar-refractivity contribution in [2.45, 2.75) is 0 Å². The van der Waals surface area contributed by atoms with Gasteiger partial charge in [0.2, 0.25) is 0 Å². The Kier molecular flexibility index (Phi) is 2.97. The van der Waals surface area contributed by atoms with Gasteiger partial charge in [-0.2, -0.15) is 0 Å². The van der Waals surface area contributed by atoms with Crippen LogP contribution in [0.3, 0.4) is 0 Å². The summed E-state index contributed by atoms with van der Waals surface area (Å²) in [6.45, 7) is 3.61. The summed E-state index contributed by atoms with van der Waals surface area (Å²) in [4.78, 5) is 0. The third-order valence-corrected chi connectivity index (χ3v) is 2.29. The van der Waals surface area contributed by atoms with E-state index in [1.54, 1.807) is 12.1 Å². The number of benzene rings is 1. The van der Waals surface area contributed by atoms with Gasteiger partial charge in [-0.25, -0.2) is 0 Å². The lowest BCUT2D eigenvalue weighted by atomic mass is 10.2. The lowest BCUT2D eigenvalue weighted by Crippen LogP contribution is -1.88. The third kappa shape index (κ3) is 1.72. The van der Waals surface area contributed by atoms with Crippen LogP contribution in [0.1, 0.15) is 5.56 Å². The number of ether oxygens (including phenoxy) is 1. The minimum absolute atomic E-state index is 0.152. The summed E-state index contributed by atoms with van der Waals surface area (Å²) in [5.41, 5.74) is 0.887. The second kappa shape index (κ2) is 3.80.